The molecule has 8 rings (SSSR count). The van der Waals surface area contributed by atoms with Crippen LogP contribution in [0.4, 0.5) is 5.69 Å². The van der Waals surface area contributed by atoms with Crippen molar-refractivity contribution in [2.45, 2.75) is 67.7 Å². The zero-order chi connectivity index (χ0) is 26.1. The Balaban J connectivity index is 1.26. The van der Waals surface area contributed by atoms with E-state index < -0.39 is 45.6 Å². The number of nitrogens with zero attached hydrogens (tertiary/aromatic N) is 3. The Labute approximate surface area is 217 Å². The number of aromatic hydroxyl groups is 1. The number of imide groups is 1. The van der Waals surface area contributed by atoms with Crippen LogP contribution in [0.5, 0.6) is 11.5 Å². The maximum absolute atomic E-state index is 13.7. The van der Waals surface area contributed by atoms with E-state index in [0.29, 0.717) is 37.4 Å². The Morgan fingerprint density at radius 2 is 1.92 bits per heavy atom. The van der Waals surface area contributed by atoms with Gasteiger partial charge in [-0.15, -0.1) is 0 Å². The van der Waals surface area contributed by atoms with Crippen LogP contribution in [0.1, 0.15) is 63.9 Å². The van der Waals surface area contributed by atoms with Gasteiger partial charge in [0.2, 0.25) is 0 Å². The molecule has 3 aliphatic heterocycles. The second-order valence-electron chi connectivity index (χ2n) is 11.8. The Hall–Kier alpha value is -3.50. The van der Waals surface area contributed by atoms with Crippen molar-refractivity contribution in [2.24, 2.45) is 5.92 Å². The van der Waals surface area contributed by atoms with Crippen LogP contribution >= 0.6 is 0 Å². The Bertz CT molecular complexity index is 1470. The summed E-state index contributed by atoms with van der Waals surface area (Å²) in [5.74, 6) is -0.319. The molecule has 196 valence electrons. The number of likely N-dealkylation sites (tertiary alicyclic amines) is 1. The van der Waals surface area contributed by atoms with Crippen molar-refractivity contribution in [1.29, 1.82) is 0 Å². The van der Waals surface area contributed by atoms with Crippen LogP contribution in [-0.2, 0) is 11.8 Å². The fourth-order valence-corrected chi connectivity index (χ4v) is 8.46. The number of amides is 2. The smallest absolute Gasteiger partial charge is 0.282 e. The summed E-state index contributed by atoms with van der Waals surface area (Å²) in [7, 11) is 0. The van der Waals surface area contributed by atoms with E-state index >= 15 is 0 Å². The molecule has 2 saturated carbocycles. The van der Waals surface area contributed by atoms with Gasteiger partial charge in [0.15, 0.2) is 11.5 Å². The third-order valence-corrected chi connectivity index (χ3v) is 10.2. The average molecular weight is 518 g/mol. The number of fused-ring (bicyclic) bond motifs is 1. The Kier molecular flexibility index (Phi) is 4.21. The highest BCUT2D eigenvalue weighted by atomic mass is 16.6. The lowest BCUT2D eigenvalue weighted by Crippen LogP contribution is -2.78. The summed E-state index contributed by atoms with van der Waals surface area (Å²) in [6, 6.07) is 6.75. The first-order valence-corrected chi connectivity index (χ1v) is 13.4. The molecule has 0 radical (unpaired) electrons. The second-order valence-corrected chi connectivity index (χ2v) is 11.8. The second kappa shape index (κ2) is 7.12. The van der Waals surface area contributed by atoms with E-state index in [4.69, 9.17) is 4.74 Å². The van der Waals surface area contributed by atoms with Crippen LogP contribution in [0.15, 0.2) is 30.3 Å². The number of aliphatic hydroxyl groups is 1. The maximum Gasteiger partial charge on any atom is 0.282 e. The molecular formula is C28H27N3O7. The van der Waals surface area contributed by atoms with Crippen molar-refractivity contribution in [3.05, 3.63) is 62.7 Å². The van der Waals surface area contributed by atoms with Crippen molar-refractivity contribution in [1.82, 2.24) is 9.80 Å². The molecule has 2 bridgehead atoms. The predicted octanol–water partition coefficient (Wildman–Crippen LogP) is 2.53. The minimum absolute atomic E-state index is 0.0161. The molecule has 3 aliphatic carbocycles. The minimum Gasteiger partial charge on any atom is -0.504 e. The number of carbonyl (C=O) groups excluding carboxylic acids is 2. The number of piperidine rings is 1. The maximum atomic E-state index is 13.7. The molecule has 10 heteroatoms. The number of phenolic OH excluding ortho intramolecular Hbond substituents is 1. The molecule has 2 aromatic carbocycles. The lowest BCUT2D eigenvalue weighted by atomic mass is 9.48. The molecule has 2 amide bonds. The number of hydrogen-bond acceptors (Lipinski definition) is 8. The number of hydrogen-bond donors (Lipinski definition) is 2. The molecule has 1 unspecified atom stereocenters. The van der Waals surface area contributed by atoms with Crippen LogP contribution in [-0.4, -0.2) is 73.6 Å². The van der Waals surface area contributed by atoms with Gasteiger partial charge in [-0.3, -0.25) is 29.5 Å². The number of carbonyl (C=O) groups is 2. The third-order valence-electron chi connectivity index (χ3n) is 10.2. The summed E-state index contributed by atoms with van der Waals surface area (Å²) in [5.41, 5.74) is -0.797. The molecule has 5 atom stereocenters. The van der Waals surface area contributed by atoms with E-state index in [2.05, 4.69) is 4.90 Å². The quantitative estimate of drug-likeness (QED) is 0.359. The van der Waals surface area contributed by atoms with Gasteiger partial charge in [0.1, 0.15) is 11.7 Å². The van der Waals surface area contributed by atoms with Crippen LogP contribution < -0.4 is 4.74 Å². The van der Waals surface area contributed by atoms with E-state index in [1.54, 1.807) is 6.07 Å². The summed E-state index contributed by atoms with van der Waals surface area (Å²) in [5, 5.41) is 35.1. The minimum atomic E-state index is -1.15. The van der Waals surface area contributed by atoms with E-state index in [0.717, 1.165) is 29.1 Å². The molecule has 0 aromatic heterocycles. The van der Waals surface area contributed by atoms with Gasteiger partial charge in [0.25, 0.3) is 17.5 Å². The Morgan fingerprint density at radius 3 is 2.68 bits per heavy atom. The molecule has 3 fully saturated rings. The normalized spacial score (nSPS) is 34.7. The van der Waals surface area contributed by atoms with Gasteiger partial charge in [-0.1, -0.05) is 12.1 Å². The van der Waals surface area contributed by atoms with Gasteiger partial charge < -0.3 is 14.9 Å². The fourth-order valence-electron chi connectivity index (χ4n) is 8.46. The summed E-state index contributed by atoms with van der Waals surface area (Å²) >= 11 is 0. The van der Waals surface area contributed by atoms with Gasteiger partial charge >= 0.3 is 0 Å². The Morgan fingerprint density at radius 1 is 1.11 bits per heavy atom. The SMILES string of the molecule is O=C1c2cccc([N+](=O)[O-])c2C(=O)N1[C@@H]1CCC2(O)[C@H]3Cc4ccc(O)c5c4[C@@]2(CCN3CC2CC2)[C@H]1O5. The summed E-state index contributed by atoms with van der Waals surface area (Å²) in [6.07, 6.45) is 3.53. The molecule has 3 heterocycles. The van der Waals surface area contributed by atoms with Gasteiger partial charge in [-0.2, -0.15) is 0 Å². The number of nitro groups is 1. The zero-order valence-electron chi connectivity index (χ0n) is 20.6. The topological polar surface area (TPSA) is 133 Å². The molecule has 1 saturated heterocycles. The van der Waals surface area contributed by atoms with E-state index in [1.165, 1.54) is 31.0 Å². The predicted molar refractivity (Wildman–Crippen MR) is 132 cm³/mol. The third kappa shape index (κ3) is 2.50. The van der Waals surface area contributed by atoms with Gasteiger partial charge in [0, 0.05) is 24.2 Å². The molecule has 10 nitrogen and oxygen atoms in total. The van der Waals surface area contributed by atoms with Crippen molar-refractivity contribution >= 4 is 17.5 Å². The summed E-state index contributed by atoms with van der Waals surface area (Å²) in [6.45, 7) is 1.69. The van der Waals surface area contributed by atoms with E-state index in [-0.39, 0.29) is 22.9 Å². The molecule has 6 aliphatic rings. The number of phenols is 1. The lowest BCUT2D eigenvalue weighted by Gasteiger charge is -2.64. The standard InChI is InChI=1S/C28H27N3O7/c32-19-7-6-15-12-20-28(35)9-8-18(30-25(33)16-2-1-3-17(31(36)37)21(16)26(30)34)24-27(28,22(15)23(19)38-24)10-11-29(20)13-14-4-5-14/h1-3,6-7,14,18,20,24,32,35H,4-5,8-13H2/t18-,20-,24+,27+,28?/m1/s1. The lowest BCUT2D eigenvalue weighted by molar-refractivity contribution is -0.385. The van der Waals surface area contributed by atoms with E-state index in [9.17, 15) is 29.9 Å². The number of ether oxygens (including phenoxy) is 1. The van der Waals surface area contributed by atoms with Gasteiger partial charge in [0.05, 0.1) is 27.5 Å². The molecule has 2 N–H and O–H groups in total. The van der Waals surface area contributed by atoms with Crippen molar-refractivity contribution in [3.63, 3.8) is 0 Å². The van der Waals surface area contributed by atoms with Gasteiger partial charge in [-0.25, -0.2) is 0 Å². The summed E-state index contributed by atoms with van der Waals surface area (Å²) in [4.78, 5) is 41.9. The average Bonchev–Trinajstić information content (AvgIpc) is 3.58. The largest absolute Gasteiger partial charge is 0.504 e. The first kappa shape index (κ1) is 22.5. The van der Waals surface area contributed by atoms with Crippen molar-refractivity contribution < 1.29 is 29.5 Å². The van der Waals surface area contributed by atoms with Crippen LogP contribution in [0, 0.1) is 16.0 Å². The highest BCUT2D eigenvalue weighted by molar-refractivity contribution is 6.23. The van der Waals surface area contributed by atoms with Crippen LogP contribution in [0.2, 0.25) is 0 Å². The number of rotatable bonds is 4. The first-order chi connectivity index (χ1) is 18.3. The highest BCUT2D eigenvalue weighted by Gasteiger charge is 2.74. The number of nitro benzene ring substituents is 1. The molecular weight excluding hydrogens is 490 g/mol. The monoisotopic (exact) mass is 517 g/mol. The first-order valence-electron chi connectivity index (χ1n) is 13.4. The zero-order valence-corrected chi connectivity index (χ0v) is 20.6. The molecule has 38 heavy (non-hydrogen) atoms. The van der Waals surface area contributed by atoms with Crippen LogP contribution in [0.3, 0.4) is 0 Å². The van der Waals surface area contributed by atoms with Crippen molar-refractivity contribution in [2.75, 3.05) is 13.1 Å². The molecule has 1 spiro atoms. The highest BCUT2D eigenvalue weighted by Crippen LogP contribution is 2.66. The van der Waals surface area contributed by atoms with E-state index in [1.807, 2.05) is 6.07 Å². The molecule has 2 aromatic rings. The summed E-state index contributed by atoms with van der Waals surface area (Å²) < 4.78 is 6.49. The van der Waals surface area contributed by atoms with Gasteiger partial charge in [-0.05, 0) is 68.7 Å². The van der Waals surface area contributed by atoms with Crippen molar-refractivity contribution in [3.8, 4) is 11.5 Å². The van der Waals surface area contributed by atoms with Crippen LogP contribution in [0.25, 0.3) is 0 Å². The number of benzene rings is 2. The fraction of sp³-hybridized carbons (Fsp3) is 0.500.